The van der Waals surface area contributed by atoms with Gasteiger partial charge in [-0.15, -0.1) is 0 Å². The van der Waals surface area contributed by atoms with E-state index in [2.05, 4.69) is 4.98 Å². The summed E-state index contributed by atoms with van der Waals surface area (Å²) in [5.41, 5.74) is 1.28. The SMILES string of the molecule is O=C(O)C(=O)CC(=O)c1c[nH]c(Cc2ccccc2F)c1. The van der Waals surface area contributed by atoms with Crippen LogP contribution >= 0.6 is 0 Å². The molecule has 0 aliphatic rings. The van der Waals surface area contributed by atoms with Gasteiger partial charge in [0.25, 0.3) is 0 Å². The first kappa shape index (κ1) is 14.6. The molecule has 108 valence electrons. The van der Waals surface area contributed by atoms with Gasteiger partial charge in [-0.3, -0.25) is 9.59 Å². The van der Waals surface area contributed by atoms with Crippen molar-refractivity contribution in [2.24, 2.45) is 0 Å². The van der Waals surface area contributed by atoms with Crippen LogP contribution in [0.25, 0.3) is 0 Å². The Labute approximate surface area is 119 Å². The lowest BCUT2D eigenvalue weighted by Gasteiger charge is -2.00. The molecule has 0 fully saturated rings. The second-order valence-electron chi connectivity index (χ2n) is 4.51. The molecule has 0 spiro atoms. The molecule has 5 nitrogen and oxygen atoms in total. The zero-order chi connectivity index (χ0) is 15.4. The molecule has 0 saturated carbocycles. The molecule has 2 aromatic rings. The van der Waals surface area contributed by atoms with Crippen molar-refractivity contribution in [1.29, 1.82) is 0 Å². The van der Waals surface area contributed by atoms with Crippen LogP contribution in [0.4, 0.5) is 4.39 Å². The summed E-state index contributed by atoms with van der Waals surface area (Å²) in [5.74, 6) is -3.72. The van der Waals surface area contributed by atoms with Gasteiger partial charge in [-0.1, -0.05) is 18.2 Å². The van der Waals surface area contributed by atoms with Gasteiger partial charge in [0.2, 0.25) is 5.78 Å². The number of aliphatic carboxylic acids is 1. The van der Waals surface area contributed by atoms with E-state index in [1.807, 2.05) is 0 Å². The molecule has 0 atom stereocenters. The predicted molar refractivity (Wildman–Crippen MR) is 71.6 cm³/mol. The Balaban J connectivity index is 2.08. The number of aromatic amines is 1. The monoisotopic (exact) mass is 289 g/mol. The highest BCUT2D eigenvalue weighted by Gasteiger charge is 2.18. The first-order valence-corrected chi connectivity index (χ1v) is 6.17. The fourth-order valence-electron chi connectivity index (χ4n) is 1.87. The number of carbonyl (C=O) groups is 3. The number of H-pyrrole nitrogens is 1. The third-order valence-corrected chi connectivity index (χ3v) is 2.96. The molecule has 2 N–H and O–H groups in total. The van der Waals surface area contributed by atoms with Crippen LogP contribution in [-0.2, 0) is 16.0 Å². The third kappa shape index (κ3) is 3.62. The van der Waals surface area contributed by atoms with Crippen LogP contribution in [0.5, 0.6) is 0 Å². The Kier molecular flexibility index (Phi) is 4.27. The van der Waals surface area contributed by atoms with Crippen LogP contribution in [0.3, 0.4) is 0 Å². The number of rotatable bonds is 6. The quantitative estimate of drug-likeness (QED) is 0.483. The number of Topliss-reactive ketones (excluding diaryl/α,β-unsaturated/α-hetero) is 2. The van der Waals surface area contributed by atoms with Crippen molar-refractivity contribution in [3.8, 4) is 0 Å². The number of carbonyl (C=O) groups excluding carboxylic acids is 2. The van der Waals surface area contributed by atoms with E-state index >= 15 is 0 Å². The predicted octanol–water partition coefficient (Wildman–Crippen LogP) is 1.97. The lowest BCUT2D eigenvalue weighted by molar-refractivity contribution is -0.148. The molecule has 0 unspecified atom stereocenters. The van der Waals surface area contributed by atoms with Crippen molar-refractivity contribution in [3.63, 3.8) is 0 Å². The highest BCUT2D eigenvalue weighted by Crippen LogP contribution is 2.14. The van der Waals surface area contributed by atoms with Crippen molar-refractivity contribution in [2.45, 2.75) is 12.8 Å². The molecular weight excluding hydrogens is 277 g/mol. The smallest absolute Gasteiger partial charge is 0.372 e. The summed E-state index contributed by atoms with van der Waals surface area (Å²) in [4.78, 5) is 35.9. The summed E-state index contributed by atoms with van der Waals surface area (Å²) in [6.45, 7) is 0. The van der Waals surface area contributed by atoms with Gasteiger partial charge in [-0.05, 0) is 17.7 Å². The lowest BCUT2D eigenvalue weighted by Crippen LogP contribution is -2.16. The van der Waals surface area contributed by atoms with E-state index in [9.17, 15) is 18.8 Å². The number of hydrogen-bond acceptors (Lipinski definition) is 3. The Morgan fingerprint density at radius 3 is 2.57 bits per heavy atom. The average Bonchev–Trinajstić information content (AvgIpc) is 2.90. The fourth-order valence-corrected chi connectivity index (χ4v) is 1.87. The number of ketones is 2. The van der Waals surface area contributed by atoms with Gasteiger partial charge in [-0.2, -0.15) is 0 Å². The number of halogens is 1. The molecule has 1 heterocycles. The highest BCUT2D eigenvalue weighted by atomic mass is 19.1. The molecular formula is C15H12FNO4. The molecule has 0 aliphatic carbocycles. The Morgan fingerprint density at radius 2 is 1.90 bits per heavy atom. The van der Waals surface area contributed by atoms with Gasteiger partial charge in [0, 0.05) is 23.9 Å². The van der Waals surface area contributed by atoms with Gasteiger partial charge in [0.1, 0.15) is 5.82 Å². The highest BCUT2D eigenvalue weighted by molar-refractivity contribution is 6.37. The van der Waals surface area contributed by atoms with Crippen LogP contribution in [0, 0.1) is 5.82 Å². The zero-order valence-corrected chi connectivity index (χ0v) is 10.9. The third-order valence-electron chi connectivity index (χ3n) is 2.96. The number of carboxylic acids is 1. The molecule has 0 aliphatic heterocycles. The van der Waals surface area contributed by atoms with E-state index < -0.39 is 24.0 Å². The lowest BCUT2D eigenvalue weighted by atomic mass is 10.1. The maximum absolute atomic E-state index is 13.5. The first-order valence-electron chi connectivity index (χ1n) is 6.17. The van der Waals surface area contributed by atoms with Gasteiger partial charge >= 0.3 is 5.97 Å². The van der Waals surface area contributed by atoms with Crippen LogP contribution in [0.15, 0.2) is 36.5 Å². The van der Waals surface area contributed by atoms with E-state index in [1.165, 1.54) is 18.3 Å². The minimum absolute atomic E-state index is 0.205. The summed E-state index contributed by atoms with van der Waals surface area (Å²) >= 11 is 0. The van der Waals surface area contributed by atoms with E-state index in [1.54, 1.807) is 18.2 Å². The van der Waals surface area contributed by atoms with Gasteiger partial charge in [0.05, 0.1) is 6.42 Å². The standard InChI is InChI=1S/C15H12FNO4/c16-12-4-2-1-3-9(12)5-11-6-10(8-17-11)13(18)7-14(19)15(20)21/h1-4,6,8,17H,5,7H2,(H,20,21). The van der Waals surface area contributed by atoms with Crippen molar-refractivity contribution in [3.05, 3.63) is 59.2 Å². The van der Waals surface area contributed by atoms with Crippen molar-refractivity contribution in [1.82, 2.24) is 4.98 Å². The molecule has 21 heavy (non-hydrogen) atoms. The minimum Gasteiger partial charge on any atom is -0.475 e. The molecule has 0 saturated heterocycles. The van der Waals surface area contributed by atoms with Gasteiger partial charge < -0.3 is 10.1 Å². The van der Waals surface area contributed by atoms with Crippen LogP contribution in [-0.4, -0.2) is 27.6 Å². The second-order valence-corrected chi connectivity index (χ2v) is 4.51. The van der Waals surface area contributed by atoms with E-state index in [0.29, 0.717) is 11.3 Å². The summed E-state index contributed by atoms with van der Waals surface area (Å²) < 4.78 is 13.5. The molecule has 0 radical (unpaired) electrons. The van der Waals surface area contributed by atoms with Crippen molar-refractivity contribution >= 4 is 17.5 Å². The Hall–Kier alpha value is -2.76. The van der Waals surface area contributed by atoms with E-state index in [0.717, 1.165) is 0 Å². The molecule has 6 heteroatoms. The fraction of sp³-hybridized carbons (Fsp3) is 0.133. The number of hydrogen-bond donors (Lipinski definition) is 2. The molecule has 1 aromatic heterocycles. The normalized spacial score (nSPS) is 10.3. The number of aromatic nitrogens is 1. The molecule has 1 aromatic carbocycles. The first-order chi connectivity index (χ1) is 9.97. The van der Waals surface area contributed by atoms with E-state index in [4.69, 9.17) is 5.11 Å². The maximum Gasteiger partial charge on any atom is 0.372 e. The Bertz CT molecular complexity index is 705. The van der Waals surface area contributed by atoms with Crippen LogP contribution in [0.1, 0.15) is 28.0 Å². The maximum atomic E-state index is 13.5. The molecule has 2 rings (SSSR count). The van der Waals surface area contributed by atoms with Gasteiger partial charge in [-0.25, -0.2) is 9.18 Å². The number of carboxylic acid groups (broad SMARTS) is 1. The number of nitrogens with one attached hydrogen (secondary N) is 1. The van der Waals surface area contributed by atoms with Crippen molar-refractivity contribution < 1.29 is 23.9 Å². The zero-order valence-electron chi connectivity index (χ0n) is 10.9. The summed E-state index contributed by atoms with van der Waals surface area (Å²) in [7, 11) is 0. The van der Waals surface area contributed by atoms with E-state index in [-0.39, 0.29) is 17.8 Å². The second kappa shape index (κ2) is 6.13. The molecule has 0 amide bonds. The molecule has 0 bridgehead atoms. The topological polar surface area (TPSA) is 87.2 Å². The number of benzene rings is 1. The largest absolute Gasteiger partial charge is 0.475 e. The summed E-state index contributed by atoms with van der Waals surface area (Å²) in [6.07, 6.45) is 0.965. The van der Waals surface area contributed by atoms with Gasteiger partial charge in [0.15, 0.2) is 5.78 Å². The Morgan fingerprint density at radius 1 is 1.19 bits per heavy atom. The average molecular weight is 289 g/mol. The van der Waals surface area contributed by atoms with Crippen LogP contribution < -0.4 is 0 Å². The summed E-state index contributed by atoms with van der Waals surface area (Å²) in [6, 6.07) is 7.75. The van der Waals surface area contributed by atoms with Crippen molar-refractivity contribution in [2.75, 3.05) is 0 Å². The minimum atomic E-state index is -1.63. The van der Waals surface area contributed by atoms with Crippen LogP contribution in [0.2, 0.25) is 0 Å². The summed E-state index contributed by atoms with van der Waals surface area (Å²) in [5, 5.41) is 8.46.